The molecule has 1 atom stereocenters. The number of nitrogens with one attached hydrogen (secondary N) is 1. The summed E-state index contributed by atoms with van der Waals surface area (Å²) in [5.41, 5.74) is 0. The monoisotopic (exact) mass is 256 g/mol. The van der Waals surface area contributed by atoms with E-state index in [1.807, 2.05) is 18.9 Å². The lowest BCUT2D eigenvalue weighted by Gasteiger charge is -2.15. The number of ether oxygens (including phenoxy) is 1. The van der Waals surface area contributed by atoms with E-state index >= 15 is 0 Å². The number of methoxy groups -OCH3 is 1. The molecule has 0 aliphatic rings. The summed E-state index contributed by atoms with van der Waals surface area (Å²) in [4.78, 5) is 6.31. The van der Waals surface area contributed by atoms with E-state index in [1.54, 1.807) is 7.11 Å². The summed E-state index contributed by atoms with van der Waals surface area (Å²) >= 11 is 0. The van der Waals surface area contributed by atoms with E-state index in [2.05, 4.69) is 22.4 Å². The SMILES string of the molecule is CCCNC(COC)Cc1nc(N(C)CC)no1. The molecule has 1 N–H and O–H groups in total. The molecule has 0 radical (unpaired) electrons. The van der Waals surface area contributed by atoms with E-state index in [1.165, 1.54) is 0 Å². The Morgan fingerprint density at radius 2 is 2.22 bits per heavy atom. The van der Waals surface area contributed by atoms with Gasteiger partial charge in [-0.2, -0.15) is 4.98 Å². The maximum Gasteiger partial charge on any atom is 0.265 e. The fourth-order valence-corrected chi connectivity index (χ4v) is 1.58. The summed E-state index contributed by atoms with van der Waals surface area (Å²) in [6, 6.07) is 0.218. The second kappa shape index (κ2) is 8.05. The molecular formula is C12H24N4O2. The van der Waals surface area contributed by atoms with Crippen molar-refractivity contribution in [3.63, 3.8) is 0 Å². The largest absolute Gasteiger partial charge is 0.383 e. The minimum absolute atomic E-state index is 0.218. The molecule has 0 aliphatic carbocycles. The lowest BCUT2D eigenvalue weighted by Crippen LogP contribution is -2.35. The minimum atomic E-state index is 0.218. The van der Waals surface area contributed by atoms with Gasteiger partial charge in [0.15, 0.2) is 0 Å². The smallest absolute Gasteiger partial charge is 0.265 e. The van der Waals surface area contributed by atoms with Crippen molar-refractivity contribution in [3.8, 4) is 0 Å². The van der Waals surface area contributed by atoms with Crippen LogP contribution in [0.5, 0.6) is 0 Å². The molecule has 1 aromatic rings. The van der Waals surface area contributed by atoms with E-state index in [-0.39, 0.29) is 6.04 Å². The van der Waals surface area contributed by atoms with Gasteiger partial charge < -0.3 is 19.5 Å². The average Bonchev–Trinajstić information content (AvgIpc) is 2.83. The molecule has 0 amide bonds. The number of rotatable bonds is 9. The first-order valence-corrected chi connectivity index (χ1v) is 6.47. The van der Waals surface area contributed by atoms with Gasteiger partial charge in [-0.3, -0.25) is 0 Å². The van der Waals surface area contributed by atoms with Gasteiger partial charge in [0.05, 0.1) is 6.61 Å². The molecular weight excluding hydrogens is 232 g/mol. The first-order chi connectivity index (χ1) is 8.71. The standard InChI is InChI=1S/C12H24N4O2/c1-5-7-13-10(9-17-4)8-11-14-12(15-18-11)16(3)6-2/h10,13H,5-9H2,1-4H3. The van der Waals surface area contributed by atoms with Crippen molar-refractivity contribution < 1.29 is 9.26 Å². The molecule has 0 saturated heterocycles. The summed E-state index contributed by atoms with van der Waals surface area (Å²) in [7, 11) is 3.64. The second-order valence-electron chi connectivity index (χ2n) is 4.31. The zero-order valence-corrected chi connectivity index (χ0v) is 11.8. The summed E-state index contributed by atoms with van der Waals surface area (Å²) in [6.07, 6.45) is 1.78. The number of anilines is 1. The summed E-state index contributed by atoms with van der Waals surface area (Å²) in [6.45, 7) is 6.64. The molecule has 104 valence electrons. The molecule has 1 heterocycles. The number of hydrogen-bond donors (Lipinski definition) is 1. The van der Waals surface area contributed by atoms with Crippen LogP contribution in [0.2, 0.25) is 0 Å². The first-order valence-electron chi connectivity index (χ1n) is 6.47. The van der Waals surface area contributed by atoms with Crippen LogP contribution in [0.4, 0.5) is 5.95 Å². The Hall–Kier alpha value is -1.14. The third kappa shape index (κ3) is 4.62. The summed E-state index contributed by atoms with van der Waals surface area (Å²) in [5.74, 6) is 1.29. The fourth-order valence-electron chi connectivity index (χ4n) is 1.58. The average molecular weight is 256 g/mol. The van der Waals surface area contributed by atoms with Crippen molar-refractivity contribution in [3.05, 3.63) is 5.89 Å². The van der Waals surface area contributed by atoms with Crippen molar-refractivity contribution in [2.24, 2.45) is 0 Å². The fraction of sp³-hybridized carbons (Fsp3) is 0.833. The van der Waals surface area contributed by atoms with Gasteiger partial charge in [-0.1, -0.05) is 6.92 Å². The predicted molar refractivity (Wildman–Crippen MR) is 70.9 cm³/mol. The quantitative estimate of drug-likeness (QED) is 0.713. The van der Waals surface area contributed by atoms with Crippen LogP contribution in [0, 0.1) is 0 Å². The topological polar surface area (TPSA) is 63.4 Å². The maximum atomic E-state index is 5.25. The number of aromatic nitrogens is 2. The minimum Gasteiger partial charge on any atom is -0.383 e. The van der Waals surface area contributed by atoms with Gasteiger partial charge >= 0.3 is 0 Å². The van der Waals surface area contributed by atoms with Crippen LogP contribution in [-0.4, -0.2) is 50.0 Å². The molecule has 1 unspecified atom stereocenters. The third-order valence-corrected chi connectivity index (χ3v) is 2.75. The molecule has 18 heavy (non-hydrogen) atoms. The molecule has 1 aromatic heterocycles. The van der Waals surface area contributed by atoms with Gasteiger partial charge in [-0.15, -0.1) is 0 Å². The Morgan fingerprint density at radius 1 is 1.44 bits per heavy atom. The number of nitrogens with zero attached hydrogens (tertiary/aromatic N) is 3. The van der Waals surface area contributed by atoms with Crippen LogP contribution in [0.1, 0.15) is 26.2 Å². The summed E-state index contributed by atoms with van der Waals surface area (Å²) < 4.78 is 10.4. The molecule has 0 saturated carbocycles. The van der Waals surface area contributed by atoms with Crippen molar-refractivity contribution in [1.29, 1.82) is 0 Å². The Bertz CT molecular complexity index is 330. The van der Waals surface area contributed by atoms with Crippen LogP contribution in [0.25, 0.3) is 0 Å². The molecule has 0 aliphatic heterocycles. The van der Waals surface area contributed by atoms with Crippen molar-refractivity contribution in [2.45, 2.75) is 32.7 Å². The van der Waals surface area contributed by atoms with Gasteiger partial charge in [-0.25, -0.2) is 0 Å². The van der Waals surface area contributed by atoms with Crippen LogP contribution >= 0.6 is 0 Å². The molecule has 0 fully saturated rings. The molecule has 6 heteroatoms. The highest BCUT2D eigenvalue weighted by molar-refractivity contribution is 5.25. The van der Waals surface area contributed by atoms with Gasteiger partial charge in [0.1, 0.15) is 0 Å². The highest BCUT2D eigenvalue weighted by atomic mass is 16.5. The Kier molecular flexibility index (Phi) is 6.67. The Morgan fingerprint density at radius 3 is 2.83 bits per heavy atom. The van der Waals surface area contributed by atoms with Gasteiger partial charge in [0.25, 0.3) is 5.95 Å². The van der Waals surface area contributed by atoms with Crippen LogP contribution in [-0.2, 0) is 11.2 Å². The van der Waals surface area contributed by atoms with E-state index in [0.717, 1.165) is 19.5 Å². The molecule has 0 spiro atoms. The van der Waals surface area contributed by atoms with E-state index in [9.17, 15) is 0 Å². The Labute approximate surface area is 109 Å². The van der Waals surface area contributed by atoms with Crippen LogP contribution in [0.15, 0.2) is 4.52 Å². The highest BCUT2D eigenvalue weighted by Crippen LogP contribution is 2.09. The normalized spacial score (nSPS) is 12.7. The van der Waals surface area contributed by atoms with Crippen LogP contribution in [0.3, 0.4) is 0 Å². The lowest BCUT2D eigenvalue weighted by atomic mass is 10.2. The summed E-state index contributed by atoms with van der Waals surface area (Å²) in [5, 5.41) is 7.36. The molecule has 6 nitrogen and oxygen atoms in total. The van der Waals surface area contributed by atoms with Gasteiger partial charge in [0.2, 0.25) is 5.89 Å². The van der Waals surface area contributed by atoms with Crippen LogP contribution < -0.4 is 10.2 Å². The molecule has 0 aromatic carbocycles. The molecule has 0 bridgehead atoms. The van der Waals surface area contributed by atoms with E-state index in [0.29, 0.717) is 24.9 Å². The van der Waals surface area contributed by atoms with Crippen molar-refractivity contribution >= 4 is 5.95 Å². The number of hydrogen-bond acceptors (Lipinski definition) is 6. The Balaban J connectivity index is 2.54. The van der Waals surface area contributed by atoms with Gasteiger partial charge in [0, 0.05) is 33.2 Å². The van der Waals surface area contributed by atoms with Gasteiger partial charge in [-0.05, 0) is 25.0 Å². The lowest BCUT2D eigenvalue weighted by molar-refractivity contribution is 0.161. The highest BCUT2D eigenvalue weighted by Gasteiger charge is 2.15. The maximum absolute atomic E-state index is 5.25. The molecule has 1 rings (SSSR count). The third-order valence-electron chi connectivity index (χ3n) is 2.75. The van der Waals surface area contributed by atoms with Crippen molar-refractivity contribution in [1.82, 2.24) is 15.5 Å². The van der Waals surface area contributed by atoms with Crippen molar-refractivity contribution in [2.75, 3.05) is 38.8 Å². The zero-order chi connectivity index (χ0) is 13.4. The van der Waals surface area contributed by atoms with E-state index < -0.39 is 0 Å². The second-order valence-corrected chi connectivity index (χ2v) is 4.31. The first kappa shape index (κ1) is 14.9. The zero-order valence-electron chi connectivity index (χ0n) is 11.8. The predicted octanol–water partition coefficient (Wildman–Crippen LogP) is 1.08. The van der Waals surface area contributed by atoms with E-state index in [4.69, 9.17) is 9.26 Å².